The number of nitrogens with two attached hydrogens (primary N) is 3. The largest absolute Gasteiger partial charge is 1.00 e. The molecule has 3 aromatic carbocycles. The van der Waals surface area contributed by atoms with Gasteiger partial charge in [-0.3, -0.25) is 33.8 Å². The number of aromatic nitrogens is 11. The molecule has 0 atom stereocenters. The number of fused-ring (bicyclic) bond motifs is 3. The summed E-state index contributed by atoms with van der Waals surface area (Å²) in [6, 6.07) is 31.3. The smallest absolute Gasteiger partial charge is 0.870 e. The maximum absolute atomic E-state index is 12.7. The number of anilines is 2. The van der Waals surface area contributed by atoms with E-state index in [-0.39, 0.29) is 54.2 Å². The first-order valence-corrected chi connectivity index (χ1v) is 26.3. The molecular weight excluding hydrogens is 1120 g/mol. The molecule has 434 valence electrons. The van der Waals surface area contributed by atoms with Crippen LogP contribution in [0.2, 0.25) is 5.02 Å². The van der Waals surface area contributed by atoms with Crippen molar-refractivity contribution in [3.63, 3.8) is 0 Å². The fraction of sp³-hybridized carbons (Fsp3) is 0.197. The second-order valence-corrected chi connectivity index (χ2v) is 19.9. The number of ether oxygens (including phenoxy) is 1. The molecule has 0 fully saturated rings. The van der Waals surface area contributed by atoms with E-state index in [1.807, 2.05) is 106 Å². The number of carbonyl (C=O) groups excluding carboxylic acids is 2. The van der Waals surface area contributed by atoms with Crippen LogP contribution in [0.1, 0.15) is 92.9 Å². The number of carbonyl (C=O) groups is 3. The Morgan fingerprint density at radius 1 is 0.576 bits per heavy atom. The number of aromatic carboxylic acids is 1. The van der Waals surface area contributed by atoms with Crippen molar-refractivity contribution >= 4 is 86.2 Å². The second kappa shape index (κ2) is 30.5. The van der Waals surface area contributed by atoms with Crippen LogP contribution in [-0.4, -0.2) is 89.8 Å². The Morgan fingerprint density at radius 3 is 1.44 bits per heavy atom. The van der Waals surface area contributed by atoms with E-state index in [9.17, 15) is 14.4 Å². The van der Waals surface area contributed by atoms with Gasteiger partial charge in [-0.15, -0.1) is 12.4 Å². The first kappa shape index (κ1) is 66.7. The molecule has 1 amide bonds. The SMILES string of the molecule is COC(=O)c1ccnc(Cn2cc3cc(Cl)ccc3n2)c1.Cc1cc(N)nc(C)c1CN.Cc1ccc2nn(Cc3cc(C(=O)NCc4c(C)cc(N)nc4C)ccn3)cc2c1.Cc1ccc2nn(Cc3cc(C(=O)O)ccn3)cc2c1.Cl.[Li+].[OH-]. The quantitative estimate of drug-likeness (QED) is 0.0627. The minimum Gasteiger partial charge on any atom is -0.870 e. The number of carboxylic acid groups (broad SMARTS) is 1. The van der Waals surface area contributed by atoms with Crippen molar-refractivity contribution in [1.82, 2.24) is 59.6 Å². The minimum absolute atomic E-state index is 0. The van der Waals surface area contributed by atoms with Crippen LogP contribution in [0.3, 0.4) is 0 Å². The normalized spacial score (nSPS) is 10.4. The first-order valence-electron chi connectivity index (χ1n) is 25.9. The summed E-state index contributed by atoms with van der Waals surface area (Å²) in [5.41, 5.74) is 31.4. The Hall–Kier alpha value is -9.07. The predicted octanol–water partition coefficient (Wildman–Crippen LogP) is 6.71. The van der Waals surface area contributed by atoms with Gasteiger partial charge in [0.05, 0.1) is 71.5 Å². The summed E-state index contributed by atoms with van der Waals surface area (Å²) in [6.07, 6.45) is 10.6. The van der Waals surface area contributed by atoms with Crippen LogP contribution in [0.4, 0.5) is 11.6 Å². The van der Waals surface area contributed by atoms with Crippen molar-refractivity contribution in [3.8, 4) is 0 Å². The molecule has 0 aliphatic heterocycles. The number of nitrogens with zero attached hydrogens (tertiary/aromatic N) is 11. The van der Waals surface area contributed by atoms with Gasteiger partial charge in [-0.05, 0) is 155 Å². The number of benzene rings is 3. The third kappa shape index (κ3) is 18.0. The number of hydrogen-bond donors (Lipinski definition) is 5. The molecule has 0 aliphatic carbocycles. The molecule has 0 bridgehead atoms. The van der Waals surface area contributed by atoms with E-state index >= 15 is 0 Å². The van der Waals surface area contributed by atoms with Gasteiger partial charge in [0.25, 0.3) is 5.91 Å². The van der Waals surface area contributed by atoms with Gasteiger partial charge in [0, 0.05) is 88.4 Å². The molecule has 0 aliphatic rings. The van der Waals surface area contributed by atoms with Crippen LogP contribution in [0.25, 0.3) is 32.7 Å². The zero-order chi connectivity index (χ0) is 58.6. The molecule has 11 rings (SSSR count). The number of esters is 1. The number of methoxy groups -OCH3 is 1. The summed E-state index contributed by atoms with van der Waals surface area (Å²) < 4.78 is 10.1. The Morgan fingerprint density at radius 2 is 0.988 bits per heavy atom. The second-order valence-electron chi connectivity index (χ2n) is 19.5. The molecular formula is C61H64Cl2LiN15O6. The average molecular weight is 1180 g/mol. The molecule has 0 unspecified atom stereocenters. The van der Waals surface area contributed by atoms with Gasteiger partial charge in [-0.25, -0.2) is 19.6 Å². The summed E-state index contributed by atoms with van der Waals surface area (Å²) >= 11 is 5.96. The zero-order valence-corrected chi connectivity index (χ0v) is 49.9. The van der Waals surface area contributed by atoms with Gasteiger partial charge in [-0.2, -0.15) is 15.3 Å². The molecule has 21 nitrogen and oxygen atoms in total. The first-order chi connectivity index (χ1) is 39.3. The van der Waals surface area contributed by atoms with E-state index in [4.69, 9.17) is 38.6 Å². The molecule has 24 heteroatoms. The van der Waals surface area contributed by atoms with Gasteiger partial charge in [0.2, 0.25) is 0 Å². The maximum atomic E-state index is 12.7. The van der Waals surface area contributed by atoms with Crippen LogP contribution in [-0.2, 0) is 37.5 Å². The van der Waals surface area contributed by atoms with Crippen LogP contribution in [0, 0.1) is 41.5 Å². The molecule has 0 radical (unpaired) electrons. The predicted molar refractivity (Wildman–Crippen MR) is 326 cm³/mol. The molecule has 85 heavy (non-hydrogen) atoms. The van der Waals surface area contributed by atoms with Crippen molar-refractivity contribution in [2.24, 2.45) is 5.73 Å². The number of carboxylic acids is 1. The Labute approximate surface area is 513 Å². The molecule has 8 heterocycles. The van der Waals surface area contributed by atoms with E-state index in [0.717, 1.165) is 77.7 Å². The molecule has 0 saturated carbocycles. The molecule has 11 aromatic rings. The number of hydrogen-bond acceptors (Lipinski definition) is 16. The molecule has 9 N–H and O–H groups in total. The van der Waals surface area contributed by atoms with Gasteiger partial charge in [-0.1, -0.05) is 34.9 Å². The van der Waals surface area contributed by atoms with Crippen molar-refractivity contribution in [1.29, 1.82) is 0 Å². The average Bonchev–Trinajstić information content (AvgIpc) is 4.30. The Kier molecular flexibility index (Phi) is 23.9. The molecule has 0 spiro atoms. The van der Waals surface area contributed by atoms with Gasteiger partial charge in [0.15, 0.2) is 0 Å². The van der Waals surface area contributed by atoms with Gasteiger partial charge in [0.1, 0.15) is 11.6 Å². The molecule has 8 aromatic heterocycles. The monoisotopic (exact) mass is 1180 g/mol. The zero-order valence-electron chi connectivity index (χ0n) is 48.3. The van der Waals surface area contributed by atoms with E-state index in [1.54, 1.807) is 58.2 Å². The number of nitrogen functional groups attached to an aromatic ring is 2. The summed E-state index contributed by atoms with van der Waals surface area (Å²) in [4.78, 5) is 56.3. The number of aryl methyl sites for hydroxylation is 6. The topological polar surface area (TPSA) is 319 Å². The fourth-order valence-corrected chi connectivity index (χ4v) is 9.20. The van der Waals surface area contributed by atoms with Crippen molar-refractivity contribution < 1.29 is 48.6 Å². The number of rotatable bonds is 12. The van der Waals surface area contributed by atoms with Crippen molar-refractivity contribution in [3.05, 3.63) is 224 Å². The summed E-state index contributed by atoms with van der Waals surface area (Å²) in [7, 11) is 1.35. The van der Waals surface area contributed by atoms with E-state index in [1.165, 1.54) is 30.5 Å². The van der Waals surface area contributed by atoms with Crippen LogP contribution < -0.4 is 41.4 Å². The number of amides is 1. The van der Waals surface area contributed by atoms with Crippen molar-refractivity contribution in [2.45, 2.75) is 74.3 Å². The summed E-state index contributed by atoms with van der Waals surface area (Å²) in [5, 5.41) is 29.2. The van der Waals surface area contributed by atoms with Crippen LogP contribution in [0.15, 0.2) is 140 Å². The maximum Gasteiger partial charge on any atom is 1.00 e. The fourth-order valence-electron chi connectivity index (χ4n) is 9.02. The van der Waals surface area contributed by atoms with E-state index in [0.29, 0.717) is 66.2 Å². The van der Waals surface area contributed by atoms with E-state index in [2.05, 4.69) is 64.6 Å². The van der Waals surface area contributed by atoms with Crippen LogP contribution >= 0.6 is 24.0 Å². The van der Waals surface area contributed by atoms with Crippen LogP contribution in [0.5, 0.6) is 0 Å². The van der Waals surface area contributed by atoms with E-state index < -0.39 is 5.97 Å². The number of halogens is 2. The number of nitrogens with one attached hydrogen (secondary N) is 1. The minimum atomic E-state index is -0.949. The number of pyridine rings is 5. The summed E-state index contributed by atoms with van der Waals surface area (Å²) in [5.74, 6) is -0.431. The molecule has 0 saturated heterocycles. The third-order valence-electron chi connectivity index (χ3n) is 13.1. The third-order valence-corrected chi connectivity index (χ3v) is 13.3. The standard InChI is InChI=1S/C23H24N6O.C15H12ClN3O2.C15H13N3O2.C8H13N3.ClH.Li.H2O/c1-14-4-5-21-18(8-14)12-29(28-21)13-19-10-17(6-7-25-19)23(30)26-11-20-15(2)9-22(24)27-16(20)3;1-21-15(20)10-4-5-17-13(7-10)9-19-8-11-6-12(16)2-3-14(11)18-19;1-10-2-3-14-12(6-10)8-18(17-14)9-13-7-11(15(19)20)4-5-16-13;1-5-3-8(10)11-6(2)7(5)4-9;;;/h4-10,12H,11,13H2,1-3H3,(H2,24,27)(H,26,30);2-8H,9H2,1H3;2-8H,9H2,1H3,(H,19,20);3H,4,9H2,1-2H3,(H2,10,11);1H;;1H2/q;;;;;+1;/p-1. The van der Waals surface area contributed by atoms with Gasteiger partial charge < -0.3 is 37.8 Å². The van der Waals surface area contributed by atoms with Crippen molar-refractivity contribution in [2.75, 3.05) is 18.6 Å². The Bertz CT molecular complexity index is 4090. The Balaban J connectivity index is 0.000000215. The summed E-state index contributed by atoms with van der Waals surface area (Å²) in [6.45, 7) is 14.2. The van der Waals surface area contributed by atoms with Gasteiger partial charge >= 0.3 is 30.8 Å².